The Bertz CT molecular complexity index is 300. The lowest BCUT2D eigenvalue weighted by molar-refractivity contribution is -0.131. The van der Waals surface area contributed by atoms with E-state index < -0.39 is 12.0 Å². The van der Waals surface area contributed by atoms with Gasteiger partial charge in [0.1, 0.15) is 0 Å². The molecule has 0 saturated heterocycles. The Hall–Kier alpha value is -1.39. The summed E-state index contributed by atoms with van der Waals surface area (Å²) in [5.74, 6) is -0.560. The fraction of sp³-hybridized carbons (Fsp3) is 0.364. The maximum absolute atomic E-state index is 10.7. The van der Waals surface area contributed by atoms with E-state index in [9.17, 15) is 9.90 Å². The van der Waals surface area contributed by atoms with Crippen molar-refractivity contribution in [3.05, 3.63) is 35.9 Å². The van der Waals surface area contributed by atoms with Crippen molar-refractivity contribution in [2.45, 2.75) is 25.4 Å². The Kier molecular flexibility index (Phi) is 4.80. The molecule has 0 fully saturated rings. The van der Waals surface area contributed by atoms with E-state index >= 15 is 0 Å². The van der Waals surface area contributed by atoms with Gasteiger partial charge in [0.25, 0.3) is 0 Å². The summed E-state index contributed by atoms with van der Waals surface area (Å²) < 4.78 is 0. The number of aliphatic hydroxyl groups excluding tert-OH is 1. The van der Waals surface area contributed by atoms with Crippen LogP contribution in [-0.2, 0) is 11.2 Å². The van der Waals surface area contributed by atoms with Gasteiger partial charge in [0.2, 0.25) is 5.91 Å². The van der Waals surface area contributed by atoms with E-state index in [1.54, 1.807) is 0 Å². The van der Waals surface area contributed by atoms with Gasteiger partial charge in [-0.25, -0.2) is 5.48 Å². The van der Waals surface area contributed by atoms with Crippen LogP contribution in [0.5, 0.6) is 0 Å². The largest absolute Gasteiger partial charge is 0.393 e. The van der Waals surface area contributed by atoms with Crippen LogP contribution in [-0.4, -0.2) is 22.3 Å². The van der Waals surface area contributed by atoms with Crippen LogP contribution in [0.2, 0.25) is 0 Å². The molecule has 0 aliphatic heterocycles. The number of amides is 1. The van der Waals surface area contributed by atoms with E-state index in [-0.39, 0.29) is 6.42 Å². The minimum atomic E-state index is -0.711. The number of aliphatic hydroxyl groups is 1. The zero-order valence-electron chi connectivity index (χ0n) is 8.39. The topological polar surface area (TPSA) is 69.6 Å². The zero-order valence-corrected chi connectivity index (χ0v) is 8.39. The standard InChI is InChI=1S/C11H15NO3/c13-10(8-11(14)12-15)7-6-9-4-2-1-3-5-9/h1-5,10,13,15H,6-8H2,(H,12,14). The maximum Gasteiger partial charge on any atom is 0.245 e. The van der Waals surface area contributed by atoms with Crippen molar-refractivity contribution >= 4 is 5.91 Å². The summed E-state index contributed by atoms with van der Waals surface area (Å²) in [6, 6.07) is 9.74. The van der Waals surface area contributed by atoms with E-state index in [0.717, 1.165) is 12.0 Å². The summed E-state index contributed by atoms with van der Waals surface area (Å²) in [6.45, 7) is 0. The van der Waals surface area contributed by atoms with Gasteiger partial charge in [-0.05, 0) is 18.4 Å². The van der Waals surface area contributed by atoms with Crippen molar-refractivity contribution < 1.29 is 15.1 Å². The van der Waals surface area contributed by atoms with Crippen LogP contribution in [0.25, 0.3) is 0 Å². The number of benzene rings is 1. The number of carbonyl (C=O) groups is 1. The number of rotatable bonds is 5. The number of nitrogens with one attached hydrogen (secondary N) is 1. The van der Waals surface area contributed by atoms with Crippen molar-refractivity contribution in [2.24, 2.45) is 0 Å². The Morgan fingerprint density at radius 2 is 2.00 bits per heavy atom. The molecule has 0 aromatic heterocycles. The van der Waals surface area contributed by atoms with E-state index in [1.807, 2.05) is 30.3 Å². The van der Waals surface area contributed by atoms with E-state index in [4.69, 9.17) is 5.21 Å². The first-order valence-corrected chi connectivity index (χ1v) is 4.87. The highest BCUT2D eigenvalue weighted by Gasteiger charge is 2.09. The zero-order chi connectivity index (χ0) is 11.1. The molecule has 82 valence electrons. The van der Waals surface area contributed by atoms with Crippen LogP contribution in [0, 0.1) is 0 Å². The Morgan fingerprint density at radius 1 is 1.33 bits per heavy atom. The third-order valence-electron chi connectivity index (χ3n) is 2.15. The van der Waals surface area contributed by atoms with Gasteiger partial charge >= 0.3 is 0 Å². The molecule has 4 nitrogen and oxygen atoms in total. The van der Waals surface area contributed by atoms with Crippen molar-refractivity contribution in [3.8, 4) is 0 Å². The average molecular weight is 209 g/mol. The van der Waals surface area contributed by atoms with Crippen molar-refractivity contribution in [2.75, 3.05) is 0 Å². The first-order chi connectivity index (χ1) is 7.22. The third kappa shape index (κ3) is 4.58. The molecule has 4 heteroatoms. The molecule has 15 heavy (non-hydrogen) atoms. The molecule has 0 saturated carbocycles. The number of aryl methyl sites for hydroxylation is 1. The minimum absolute atomic E-state index is 0.0661. The van der Waals surface area contributed by atoms with E-state index in [1.165, 1.54) is 5.48 Å². The van der Waals surface area contributed by atoms with Crippen LogP contribution in [0.3, 0.4) is 0 Å². The van der Waals surface area contributed by atoms with Gasteiger partial charge in [0, 0.05) is 0 Å². The highest BCUT2D eigenvalue weighted by atomic mass is 16.5. The van der Waals surface area contributed by atoms with Gasteiger partial charge in [-0.15, -0.1) is 0 Å². The van der Waals surface area contributed by atoms with Gasteiger partial charge in [-0.1, -0.05) is 30.3 Å². The number of hydroxylamine groups is 1. The summed E-state index contributed by atoms with van der Waals surface area (Å²) in [5, 5.41) is 17.7. The molecule has 0 bridgehead atoms. The number of hydrogen-bond acceptors (Lipinski definition) is 3. The summed E-state index contributed by atoms with van der Waals surface area (Å²) in [4.78, 5) is 10.7. The maximum atomic E-state index is 10.7. The van der Waals surface area contributed by atoms with Crippen LogP contribution in [0.4, 0.5) is 0 Å². The fourth-order valence-corrected chi connectivity index (χ4v) is 1.34. The highest BCUT2D eigenvalue weighted by molar-refractivity contribution is 5.75. The number of hydrogen-bond donors (Lipinski definition) is 3. The molecule has 1 rings (SSSR count). The van der Waals surface area contributed by atoms with Crippen LogP contribution in [0.1, 0.15) is 18.4 Å². The first-order valence-electron chi connectivity index (χ1n) is 4.87. The second-order valence-corrected chi connectivity index (χ2v) is 3.42. The third-order valence-corrected chi connectivity index (χ3v) is 2.15. The smallest absolute Gasteiger partial charge is 0.245 e. The second-order valence-electron chi connectivity index (χ2n) is 3.42. The van der Waals surface area contributed by atoms with Crippen molar-refractivity contribution in [1.82, 2.24) is 5.48 Å². The highest BCUT2D eigenvalue weighted by Crippen LogP contribution is 2.06. The molecule has 0 spiro atoms. The first kappa shape index (κ1) is 11.7. The molecule has 0 heterocycles. The van der Waals surface area contributed by atoms with Gasteiger partial charge in [-0.3, -0.25) is 10.0 Å². The molecule has 1 amide bonds. The van der Waals surface area contributed by atoms with Gasteiger partial charge < -0.3 is 5.11 Å². The molecule has 1 aromatic rings. The lowest BCUT2D eigenvalue weighted by atomic mass is 10.1. The molecular weight excluding hydrogens is 194 g/mol. The molecule has 0 aliphatic carbocycles. The summed E-state index contributed by atoms with van der Waals surface area (Å²) >= 11 is 0. The Balaban J connectivity index is 2.28. The summed E-state index contributed by atoms with van der Waals surface area (Å²) in [5.41, 5.74) is 2.62. The molecule has 0 radical (unpaired) electrons. The van der Waals surface area contributed by atoms with E-state index in [0.29, 0.717) is 6.42 Å². The Morgan fingerprint density at radius 3 is 2.60 bits per heavy atom. The predicted octanol–water partition coefficient (Wildman–Crippen LogP) is 0.876. The molecule has 1 atom stereocenters. The average Bonchev–Trinajstić information content (AvgIpc) is 2.27. The second kappa shape index (κ2) is 6.16. The molecule has 1 unspecified atom stereocenters. The molecular formula is C11H15NO3. The number of carbonyl (C=O) groups excluding carboxylic acids is 1. The van der Waals surface area contributed by atoms with Gasteiger partial charge in [0.05, 0.1) is 12.5 Å². The van der Waals surface area contributed by atoms with Crippen LogP contribution in [0.15, 0.2) is 30.3 Å². The molecule has 0 aliphatic rings. The monoisotopic (exact) mass is 209 g/mol. The van der Waals surface area contributed by atoms with Crippen LogP contribution < -0.4 is 5.48 Å². The molecule has 3 N–H and O–H groups in total. The summed E-state index contributed by atoms with van der Waals surface area (Å²) in [6.07, 6.45) is 0.457. The quantitative estimate of drug-likeness (QED) is 0.498. The normalized spacial score (nSPS) is 12.1. The SMILES string of the molecule is O=C(CC(O)CCc1ccccc1)NO. The Labute approximate surface area is 88.5 Å². The lowest BCUT2D eigenvalue weighted by Crippen LogP contribution is -2.24. The van der Waals surface area contributed by atoms with Crippen LogP contribution >= 0.6 is 0 Å². The van der Waals surface area contributed by atoms with E-state index in [2.05, 4.69) is 0 Å². The predicted molar refractivity (Wildman–Crippen MR) is 55.3 cm³/mol. The van der Waals surface area contributed by atoms with Gasteiger partial charge in [-0.2, -0.15) is 0 Å². The lowest BCUT2D eigenvalue weighted by Gasteiger charge is -2.08. The van der Waals surface area contributed by atoms with Gasteiger partial charge in [0.15, 0.2) is 0 Å². The summed E-state index contributed by atoms with van der Waals surface area (Å²) in [7, 11) is 0. The minimum Gasteiger partial charge on any atom is -0.393 e. The van der Waals surface area contributed by atoms with Crippen molar-refractivity contribution in [3.63, 3.8) is 0 Å². The fourth-order valence-electron chi connectivity index (χ4n) is 1.34. The van der Waals surface area contributed by atoms with Crippen molar-refractivity contribution in [1.29, 1.82) is 0 Å². The molecule has 1 aromatic carbocycles.